The van der Waals surface area contributed by atoms with E-state index in [0.29, 0.717) is 12.5 Å². The molecule has 1 atom stereocenters. The van der Waals surface area contributed by atoms with E-state index in [0.717, 1.165) is 22.1 Å². The van der Waals surface area contributed by atoms with Gasteiger partial charge in [-0.2, -0.15) is 0 Å². The van der Waals surface area contributed by atoms with Gasteiger partial charge in [-0.1, -0.05) is 29.8 Å². The molecule has 0 spiro atoms. The number of benzene rings is 1. The SMILES string of the molecule is Cc1cc(Br)ccc1NC(=O)CNC(=O)C(C)OCCC(C)C. The van der Waals surface area contributed by atoms with Crippen LogP contribution >= 0.6 is 15.9 Å². The number of carbonyl (C=O) groups excluding carboxylic acids is 2. The number of rotatable bonds is 8. The Morgan fingerprint density at radius 1 is 1.26 bits per heavy atom. The molecule has 0 fully saturated rings. The van der Waals surface area contributed by atoms with Gasteiger partial charge in [0, 0.05) is 16.8 Å². The lowest BCUT2D eigenvalue weighted by Crippen LogP contribution is -2.39. The van der Waals surface area contributed by atoms with Crippen LogP contribution in [0, 0.1) is 12.8 Å². The summed E-state index contributed by atoms with van der Waals surface area (Å²) in [6.07, 6.45) is 0.344. The Balaban J connectivity index is 2.36. The highest BCUT2D eigenvalue weighted by Gasteiger charge is 2.14. The maximum absolute atomic E-state index is 11.9. The summed E-state index contributed by atoms with van der Waals surface area (Å²) in [5.74, 6) is -0.0141. The molecule has 0 radical (unpaired) electrons. The molecule has 0 saturated carbocycles. The Kier molecular flexibility index (Phi) is 8.26. The highest BCUT2D eigenvalue weighted by molar-refractivity contribution is 9.10. The van der Waals surface area contributed by atoms with Gasteiger partial charge in [0.1, 0.15) is 6.10 Å². The summed E-state index contributed by atoms with van der Waals surface area (Å²) < 4.78 is 6.40. The van der Waals surface area contributed by atoms with Gasteiger partial charge in [0.25, 0.3) is 0 Å². The lowest BCUT2D eigenvalue weighted by molar-refractivity contribution is -0.133. The zero-order valence-electron chi connectivity index (χ0n) is 14.1. The topological polar surface area (TPSA) is 67.4 Å². The van der Waals surface area contributed by atoms with Crippen molar-refractivity contribution in [3.05, 3.63) is 28.2 Å². The summed E-state index contributed by atoms with van der Waals surface area (Å²) in [4.78, 5) is 23.8. The van der Waals surface area contributed by atoms with Crippen LogP contribution in [0.4, 0.5) is 5.69 Å². The van der Waals surface area contributed by atoms with E-state index in [1.165, 1.54) is 0 Å². The molecule has 0 aromatic heterocycles. The number of hydrogen-bond donors (Lipinski definition) is 2. The largest absolute Gasteiger partial charge is 0.369 e. The average molecular weight is 385 g/mol. The van der Waals surface area contributed by atoms with Gasteiger partial charge >= 0.3 is 0 Å². The Morgan fingerprint density at radius 2 is 1.96 bits per heavy atom. The van der Waals surface area contributed by atoms with Crippen molar-refractivity contribution >= 4 is 33.4 Å². The quantitative estimate of drug-likeness (QED) is 0.722. The fourth-order valence-corrected chi connectivity index (χ4v) is 2.30. The molecule has 5 nitrogen and oxygen atoms in total. The van der Waals surface area contributed by atoms with Gasteiger partial charge in [0.2, 0.25) is 11.8 Å². The predicted octanol–water partition coefficient (Wildman–Crippen LogP) is 3.26. The van der Waals surface area contributed by atoms with Gasteiger partial charge in [-0.25, -0.2) is 0 Å². The van der Waals surface area contributed by atoms with Crippen molar-refractivity contribution < 1.29 is 14.3 Å². The monoisotopic (exact) mass is 384 g/mol. The molecule has 0 saturated heterocycles. The molecule has 1 rings (SSSR count). The number of ether oxygens (including phenoxy) is 1. The summed E-state index contributed by atoms with van der Waals surface area (Å²) in [7, 11) is 0. The first kappa shape index (κ1) is 19.6. The molecule has 128 valence electrons. The molecule has 23 heavy (non-hydrogen) atoms. The lowest BCUT2D eigenvalue weighted by Gasteiger charge is -2.14. The molecular formula is C17H25BrN2O3. The molecule has 0 aliphatic carbocycles. The van der Waals surface area contributed by atoms with E-state index < -0.39 is 6.10 Å². The lowest BCUT2D eigenvalue weighted by atomic mass is 10.1. The highest BCUT2D eigenvalue weighted by atomic mass is 79.9. The Hall–Kier alpha value is -1.40. The maximum Gasteiger partial charge on any atom is 0.249 e. The van der Waals surface area contributed by atoms with E-state index in [-0.39, 0.29) is 18.4 Å². The van der Waals surface area contributed by atoms with Crippen LogP contribution in [0.3, 0.4) is 0 Å². The molecule has 1 aromatic rings. The van der Waals surface area contributed by atoms with Crippen molar-refractivity contribution in [2.24, 2.45) is 5.92 Å². The summed E-state index contributed by atoms with van der Waals surface area (Å²) in [5.41, 5.74) is 1.68. The standard InChI is InChI=1S/C17H25BrN2O3/c1-11(2)7-8-23-13(4)17(22)19-10-16(21)20-15-6-5-14(18)9-12(15)3/h5-6,9,11,13H,7-8,10H2,1-4H3,(H,19,22)(H,20,21). The second-order valence-electron chi connectivity index (χ2n) is 5.92. The minimum absolute atomic E-state index is 0.0772. The summed E-state index contributed by atoms with van der Waals surface area (Å²) in [5, 5.41) is 5.36. The van der Waals surface area contributed by atoms with Gasteiger partial charge in [-0.3, -0.25) is 9.59 Å². The Bertz CT molecular complexity index is 547. The second kappa shape index (κ2) is 9.67. The third-order valence-electron chi connectivity index (χ3n) is 3.32. The first-order chi connectivity index (χ1) is 10.8. The molecule has 2 amide bonds. The molecule has 0 bridgehead atoms. The minimum Gasteiger partial charge on any atom is -0.369 e. The molecule has 0 heterocycles. The average Bonchev–Trinajstić information content (AvgIpc) is 2.47. The number of amides is 2. The van der Waals surface area contributed by atoms with Gasteiger partial charge in [0.05, 0.1) is 6.54 Å². The molecular weight excluding hydrogens is 360 g/mol. The van der Waals surface area contributed by atoms with E-state index in [4.69, 9.17) is 4.74 Å². The highest BCUT2D eigenvalue weighted by Crippen LogP contribution is 2.19. The van der Waals surface area contributed by atoms with Gasteiger partial charge in [0.15, 0.2) is 0 Å². The molecule has 6 heteroatoms. The molecule has 0 aliphatic rings. The van der Waals surface area contributed by atoms with Gasteiger partial charge < -0.3 is 15.4 Å². The van der Waals surface area contributed by atoms with Crippen molar-refractivity contribution in [1.29, 1.82) is 0 Å². The number of nitrogens with one attached hydrogen (secondary N) is 2. The Morgan fingerprint density at radius 3 is 2.57 bits per heavy atom. The number of halogens is 1. The fourth-order valence-electron chi connectivity index (χ4n) is 1.83. The van der Waals surface area contributed by atoms with Crippen LogP contribution in [0.1, 0.15) is 32.8 Å². The van der Waals surface area contributed by atoms with Gasteiger partial charge in [-0.15, -0.1) is 0 Å². The number of aryl methyl sites for hydroxylation is 1. The van der Waals surface area contributed by atoms with Crippen LogP contribution in [0.15, 0.2) is 22.7 Å². The van der Waals surface area contributed by atoms with Crippen molar-refractivity contribution in [3.8, 4) is 0 Å². The normalized spacial score (nSPS) is 12.1. The minimum atomic E-state index is -0.559. The molecule has 0 aliphatic heterocycles. The third-order valence-corrected chi connectivity index (χ3v) is 3.81. The molecule has 1 aromatic carbocycles. The molecule has 2 N–H and O–H groups in total. The fraction of sp³-hybridized carbons (Fsp3) is 0.529. The first-order valence-electron chi connectivity index (χ1n) is 7.75. The van der Waals surface area contributed by atoms with Crippen LogP contribution in [-0.4, -0.2) is 31.1 Å². The van der Waals surface area contributed by atoms with E-state index in [1.807, 2.05) is 25.1 Å². The summed E-state index contributed by atoms with van der Waals surface area (Å²) >= 11 is 3.37. The smallest absolute Gasteiger partial charge is 0.249 e. The van der Waals surface area contributed by atoms with Crippen LogP contribution in [0.5, 0.6) is 0 Å². The predicted molar refractivity (Wildman–Crippen MR) is 95.4 cm³/mol. The third kappa shape index (κ3) is 7.61. The van der Waals surface area contributed by atoms with Crippen LogP contribution < -0.4 is 10.6 Å². The van der Waals surface area contributed by atoms with Gasteiger partial charge in [-0.05, 0) is 49.9 Å². The summed E-state index contributed by atoms with van der Waals surface area (Å²) in [6, 6.07) is 5.58. The number of anilines is 1. The van der Waals surface area contributed by atoms with E-state index in [9.17, 15) is 9.59 Å². The second-order valence-corrected chi connectivity index (χ2v) is 6.84. The van der Waals surface area contributed by atoms with E-state index in [2.05, 4.69) is 40.4 Å². The van der Waals surface area contributed by atoms with Crippen molar-refractivity contribution in [3.63, 3.8) is 0 Å². The van der Waals surface area contributed by atoms with E-state index >= 15 is 0 Å². The van der Waals surface area contributed by atoms with Crippen LogP contribution in [0.2, 0.25) is 0 Å². The zero-order chi connectivity index (χ0) is 17.4. The first-order valence-corrected chi connectivity index (χ1v) is 8.54. The van der Waals surface area contributed by atoms with Crippen molar-refractivity contribution in [1.82, 2.24) is 5.32 Å². The van der Waals surface area contributed by atoms with Crippen molar-refractivity contribution in [2.75, 3.05) is 18.5 Å². The van der Waals surface area contributed by atoms with Crippen LogP contribution in [-0.2, 0) is 14.3 Å². The van der Waals surface area contributed by atoms with Crippen LogP contribution in [0.25, 0.3) is 0 Å². The maximum atomic E-state index is 11.9. The molecule has 1 unspecified atom stereocenters. The number of carbonyl (C=O) groups is 2. The zero-order valence-corrected chi connectivity index (χ0v) is 15.7. The van der Waals surface area contributed by atoms with Crippen molar-refractivity contribution in [2.45, 2.75) is 40.2 Å². The van der Waals surface area contributed by atoms with E-state index in [1.54, 1.807) is 6.92 Å². The number of hydrogen-bond acceptors (Lipinski definition) is 3. The summed E-state index contributed by atoms with van der Waals surface area (Å²) in [6.45, 7) is 8.25. The Labute approximate surface area is 146 Å².